The van der Waals surface area contributed by atoms with Gasteiger partial charge in [0.1, 0.15) is 5.75 Å². The fourth-order valence-electron chi connectivity index (χ4n) is 4.47. The van der Waals surface area contributed by atoms with Crippen molar-refractivity contribution in [3.63, 3.8) is 0 Å². The largest absolute Gasteiger partial charge is 0.508 e. The molecule has 1 fully saturated rings. The van der Waals surface area contributed by atoms with Gasteiger partial charge in [-0.25, -0.2) is 0 Å². The maximum absolute atomic E-state index is 9.90. The van der Waals surface area contributed by atoms with E-state index in [9.17, 15) is 5.11 Å². The second kappa shape index (κ2) is 5.16. The number of aryl methyl sites for hydroxylation is 1. The molecule has 2 heteroatoms. The van der Waals surface area contributed by atoms with Crippen LogP contribution in [0.1, 0.15) is 49.7 Å². The van der Waals surface area contributed by atoms with E-state index in [-0.39, 0.29) is 0 Å². The Kier molecular flexibility index (Phi) is 3.53. The average Bonchev–Trinajstić information content (AvgIpc) is 2.45. The van der Waals surface area contributed by atoms with Crippen LogP contribution in [-0.4, -0.2) is 18.7 Å². The first-order valence-corrected chi connectivity index (χ1v) is 7.73. The standard InChI is InChI=1S/C17H25NO/c1-18-11-10-17-9-3-2-4-14(17)7-5-13-6-8-15(19)12-16(13)17/h6,8,12,14,18-19H,2-5,7,9-11H2,1H3/t14-,17+/m1/s1. The molecule has 2 N–H and O–H groups in total. The molecule has 1 saturated carbocycles. The number of nitrogens with one attached hydrogen (secondary N) is 1. The molecule has 0 aliphatic heterocycles. The Bertz CT molecular complexity index is 457. The molecule has 0 amide bonds. The molecule has 0 saturated heterocycles. The van der Waals surface area contributed by atoms with Crippen LogP contribution >= 0.6 is 0 Å². The van der Waals surface area contributed by atoms with E-state index in [2.05, 4.69) is 17.4 Å². The number of hydrogen-bond donors (Lipinski definition) is 2. The Labute approximate surface area is 116 Å². The zero-order chi connectivity index (χ0) is 13.3. The molecule has 1 aromatic carbocycles. The van der Waals surface area contributed by atoms with E-state index in [1.807, 2.05) is 13.1 Å². The van der Waals surface area contributed by atoms with Crippen LogP contribution in [0.5, 0.6) is 5.75 Å². The number of benzene rings is 1. The van der Waals surface area contributed by atoms with Crippen molar-refractivity contribution in [3.8, 4) is 5.75 Å². The highest BCUT2D eigenvalue weighted by Gasteiger charge is 2.44. The van der Waals surface area contributed by atoms with E-state index in [1.165, 1.54) is 56.1 Å². The molecule has 2 nitrogen and oxygen atoms in total. The van der Waals surface area contributed by atoms with Crippen molar-refractivity contribution in [2.75, 3.05) is 13.6 Å². The lowest BCUT2D eigenvalue weighted by molar-refractivity contribution is 0.147. The Balaban J connectivity index is 2.04. The van der Waals surface area contributed by atoms with Crippen molar-refractivity contribution < 1.29 is 5.11 Å². The van der Waals surface area contributed by atoms with Crippen molar-refractivity contribution in [2.24, 2.45) is 5.92 Å². The van der Waals surface area contributed by atoms with Crippen molar-refractivity contribution in [2.45, 2.75) is 50.4 Å². The lowest BCUT2D eigenvalue weighted by Gasteiger charge is -2.49. The van der Waals surface area contributed by atoms with Gasteiger partial charge in [-0.05, 0) is 80.3 Å². The predicted octanol–water partition coefficient (Wildman–Crippen LogP) is 3.38. The van der Waals surface area contributed by atoms with Crippen molar-refractivity contribution in [1.82, 2.24) is 5.32 Å². The van der Waals surface area contributed by atoms with Crippen molar-refractivity contribution in [3.05, 3.63) is 29.3 Å². The van der Waals surface area contributed by atoms with Crippen molar-refractivity contribution >= 4 is 0 Å². The quantitative estimate of drug-likeness (QED) is 0.872. The summed E-state index contributed by atoms with van der Waals surface area (Å²) in [6.07, 6.45) is 9.15. The Morgan fingerprint density at radius 3 is 3.05 bits per heavy atom. The van der Waals surface area contributed by atoms with Gasteiger partial charge in [0, 0.05) is 0 Å². The summed E-state index contributed by atoms with van der Waals surface area (Å²) in [5.41, 5.74) is 3.26. The molecule has 2 atom stereocenters. The summed E-state index contributed by atoms with van der Waals surface area (Å²) >= 11 is 0. The molecule has 3 rings (SSSR count). The summed E-state index contributed by atoms with van der Waals surface area (Å²) in [4.78, 5) is 0. The van der Waals surface area contributed by atoms with E-state index in [0.29, 0.717) is 11.2 Å². The smallest absolute Gasteiger partial charge is 0.115 e. The molecular weight excluding hydrogens is 234 g/mol. The number of phenolic OH excluding ortho intramolecular Hbond substituents is 1. The first kappa shape index (κ1) is 13.0. The minimum Gasteiger partial charge on any atom is -0.508 e. The molecule has 0 radical (unpaired) electrons. The number of hydrogen-bond acceptors (Lipinski definition) is 2. The van der Waals surface area contributed by atoms with E-state index in [4.69, 9.17) is 0 Å². The van der Waals surface area contributed by atoms with Gasteiger partial charge in [0.15, 0.2) is 0 Å². The fourth-order valence-corrected chi connectivity index (χ4v) is 4.47. The van der Waals surface area contributed by atoms with Gasteiger partial charge in [-0.3, -0.25) is 0 Å². The highest BCUT2D eigenvalue weighted by Crippen LogP contribution is 2.52. The molecule has 2 aliphatic rings. The summed E-state index contributed by atoms with van der Waals surface area (Å²) in [7, 11) is 2.04. The third-order valence-electron chi connectivity index (χ3n) is 5.42. The van der Waals surface area contributed by atoms with Crippen LogP contribution in [0.15, 0.2) is 18.2 Å². The van der Waals surface area contributed by atoms with Crippen LogP contribution in [0.4, 0.5) is 0 Å². The van der Waals surface area contributed by atoms with Gasteiger partial charge in [0.05, 0.1) is 0 Å². The SMILES string of the molecule is CNCC[C@@]12CCCC[C@@H]1CCc1ccc(O)cc12. The molecule has 0 heterocycles. The van der Waals surface area contributed by atoms with Gasteiger partial charge >= 0.3 is 0 Å². The molecule has 0 aromatic heterocycles. The molecule has 1 aromatic rings. The maximum Gasteiger partial charge on any atom is 0.115 e. The number of aromatic hydroxyl groups is 1. The van der Waals surface area contributed by atoms with Crippen LogP contribution in [-0.2, 0) is 11.8 Å². The highest BCUT2D eigenvalue weighted by molar-refractivity contribution is 5.43. The van der Waals surface area contributed by atoms with Crippen LogP contribution in [0.25, 0.3) is 0 Å². The second-order valence-electron chi connectivity index (χ2n) is 6.33. The minimum absolute atomic E-state index is 0.327. The van der Waals surface area contributed by atoms with E-state index in [0.717, 1.165) is 12.5 Å². The van der Waals surface area contributed by atoms with E-state index in [1.54, 1.807) is 0 Å². The number of phenols is 1. The van der Waals surface area contributed by atoms with Gasteiger partial charge in [-0.2, -0.15) is 0 Å². The van der Waals surface area contributed by atoms with Gasteiger partial charge < -0.3 is 10.4 Å². The Morgan fingerprint density at radius 1 is 1.32 bits per heavy atom. The van der Waals surface area contributed by atoms with Crippen LogP contribution in [0.2, 0.25) is 0 Å². The number of fused-ring (bicyclic) bond motifs is 3. The molecule has 0 spiro atoms. The van der Waals surface area contributed by atoms with Gasteiger partial charge in [-0.15, -0.1) is 0 Å². The molecule has 0 bridgehead atoms. The highest BCUT2D eigenvalue weighted by atomic mass is 16.3. The number of rotatable bonds is 3. The van der Waals surface area contributed by atoms with Gasteiger partial charge in [0.2, 0.25) is 0 Å². The van der Waals surface area contributed by atoms with Gasteiger partial charge in [0.25, 0.3) is 0 Å². The summed E-state index contributed by atoms with van der Waals surface area (Å²) in [5, 5.41) is 13.2. The second-order valence-corrected chi connectivity index (χ2v) is 6.33. The first-order valence-electron chi connectivity index (χ1n) is 7.73. The first-order chi connectivity index (χ1) is 9.26. The average molecular weight is 259 g/mol. The third-order valence-corrected chi connectivity index (χ3v) is 5.42. The molecule has 0 unspecified atom stereocenters. The Hall–Kier alpha value is -1.02. The predicted molar refractivity (Wildman–Crippen MR) is 78.6 cm³/mol. The maximum atomic E-state index is 9.90. The summed E-state index contributed by atoms with van der Waals surface area (Å²) in [6.45, 7) is 1.07. The van der Waals surface area contributed by atoms with E-state index >= 15 is 0 Å². The molecule has 19 heavy (non-hydrogen) atoms. The third kappa shape index (κ3) is 2.16. The lowest BCUT2D eigenvalue weighted by atomic mass is 9.56. The summed E-state index contributed by atoms with van der Waals surface area (Å²) < 4.78 is 0. The lowest BCUT2D eigenvalue weighted by Crippen LogP contribution is -2.43. The minimum atomic E-state index is 0.327. The summed E-state index contributed by atoms with van der Waals surface area (Å²) in [6, 6.07) is 6.06. The molecule has 104 valence electrons. The normalized spacial score (nSPS) is 29.6. The van der Waals surface area contributed by atoms with Crippen LogP contribution in [0, 0.1) is 5.92 Å². The molecular formula is C17H25NO. The van der Waals surface area contributed by atoms with E-state index < -0.39 is 0 Å². The van der Waals surface area contributed by atoms with Crippen LogP contribution < -0.4 is 5.32 Å². The monoisotopic (exact) mass is 259 g/mol. The van der Waals surface area contributed by atoms with Crippen molar-refractivity contribution in [1.29, 1.82) is 0 Å². The fraction of sp³-hybridized carbons (Fsp3) is 0.647. The van der Waals surface area contributed by atoms with Gasteiger partial charge in [-0.1, -0.05) is 18.9 Å². The topological polar surface area (TPSA) is 32.3 Å². The molecule has 2 aliphatic carbocycles. The van der Waals surface area contributed by atoms with Crippen LogP contribution in [0.3, 0.4) is 0 Å². The zero-order valence-electron chi connectivity index (χ0n) is 11.9. The Morgan fingerprint density at radius 2 is 2.21 bits per heavy atom. The summed E-state index contributed by atoms with van der Waals surface area (Å²) in [5.74, 6) is 1.26. The zero-order valence-corrected chi connectivity index (χ0v) is 11.9.